The Morgan fingerprint density at radius 2 is 2.04 bits per heavy atom. The minimum Gasteiger partial charge on any atom is -0.354 e. The Morgan fingerprint density at radius 3 is 2.78 bits per heavy atom. The number of nitrogens with zero attached hydrogens (tertiary/aromatic N) is 4. The molecule has 1 aliphatic carbocycles. The molecular weight excluding hydrogens is 296 g/mol. The van der Waals surface area contributed by atoms with Crippen LogP contribution >= 0.6 is 0 Å². The number of amides is 2. The highest BCUT2D eigenvalue weighted by Crippen LogP contribution is 2.29. The summed E-state index contributed by atoms with van der Waals surface area (Å²) in [6.45, 7) is 0.617. The van der Waals surface area contributed by atoms with Gasteiger partial charge in [0.15, 0.2) is 5.82 Å². The molecule has 2 aromatic heterocycles. The van der Waals surface area contributed by atoms with Gasteiger partial charge in [0.25, 0.3) is 0 Å². The summed E-state index contributed by atoms with van der Waals surface area (Å²) in [7, 11) is 0. The zero-order valence-electron chi connectivity index (χ0n) is 12.6. The van der Waals surface area contributed by atoms with E-state index in [2.05, 4.69) is 25.9 Å². The Hall–Kier alpha value is -2.77. The van der Waals surface area contributed by atoms with Crippen LogP contribution in [0.2, 0.25) is 0 Å². The van der Waals surface area contributed by atoms with Crippen molar-refractivity contribution in [3.63, 3.8) is 0 Å². The van der Waals surface area contributed by atoms with Crippen molar-refractivity contribution < 1.29 is 9.59 Å². The molecule has 2 amide bonds. The Balaban J connectivity index is 1.41. The van der Waals surface area contributed by atoms with Crippen molar-refractivity contribution in [2.75, 3.05) is 11.9 Å². The molecule has 0 aliphatic heterocycles. The lowest BCUT2D eigenvalue weighted by Gasteiger charge is -2.04. The third-order valence-electron chi connectivity index (χ3n) is 3.53. The number of pyridine rings is 1. The van der Waals surface area contributed by atoms with Crippen LogP contribution in [0.25, 0.3) is 0 Å². The van der Waals surface area contributed by atoms with Crippen LogP contribution in [0.1, 0.15) is 18.4 Å². The van der Waals surface area contributed by atoms with Crippen molar-refractivity contribution in [2.24, 2.45) is 5.92 Å². The van der Waals surface area contributed by atoms with E-state index in [1.54, 1.807) is 18.6 Å². The molecule has 2 N–H and O–H groups in total. The van der Waals surface area contributed by atoms with Crippen LogP contribution in [-0.4, -0.2) is 38.3 Å². The van der Waals surface area contributed by atoms with E-state index >= 15 is 0 Å². The van der Waals surface area contributed by atoms with Crippen LogP contribution in [-0.2, 0) is 22.6 Å². The number of hydrogen-bond acceptors (Lipinski definition) is 5. The first-order valence-electron chi connectivity index (χ1n) is 7.57. The second-order valence-corrected chi connectivity index (χ2v) is 5.52. The van der Waals surface area contributed by atoms with Gasteiger partial charge in [-0.3, -0.25) is 14.6 Å². The fraction of sp³-hybridized carbons (Fsp3) is 0.400. The monoisotopic (exact) mass is 314 g/mol. The van der Waals surface area contributed by atoms with E-state index in [1.165, 1.54) is 4.68 Å². The normalized spacial score (nSPS) is 13.6. The maximum absolute atomic E-state index is 11.9. The van der Waals surface area contributed by atoms with Gasteiger partial charge in [0, 0.05) is 24.9 Å². The second-order valence-electron chi connectivity index (χ2n) is 5.52. The molecule has 8 heteroatoms. The molecule has 0 unspecified atom stereocenters. The van der Waals surface area contributed by atoms with Gasteiger partial charge in [-0.2, -0.15) is 0 Å². The van der Waals surface area contributed by atoms with Crippen LogP contribution in [0.3, 0.4) is 0 Å². The molecule has 3 rings (SSSR count). The quantitative estimate of drug-likeness (QED) is 0.769. The molecular formula is C15H18N6O2. The number of aromatic nitrogens is 4. The van der Waals surface area contributed by atoms with E-state index in [9.17, 15) is 9.59 Å². The molecule has 120 valence electrons. The van der Waals surface area contributed by atoms with Crippen molar-refractivity contribution in [3.8, 4) is 0 Å². The number of anilines is 1. The highest BCUT2D eigenvalue weighted by atomic mass is 16.2. The number of carbonyl (C=O) groups excluding carboxylic acids is 2. The fourth-order valence-corrected chi connectivity index (χ4v) is 2.11. The van der Waals surface area contributed by atoms with E-state index in [4.69, 9.17) is 0 Å². The second kappa shape index (κ2) is 6.99. The lowest BCUT2D eigenvalue weighted by molar-refractivity contribution is -0.121. The third kappa shape index (κ3) is 4.60. The van der Waals surface area contributed by atoms with Gasteiger partial charge >= 0.3 is 0 Å². The Bertz CT molecular complexity index is 680. The zero-order chi connectivity index (χ0) is 16.1. The smallest absolute Gasteiger partial charge is 0.241 e. The summed E-state index contributed by atoms with van der Waals surface area (Å²) in [6.07, 6.45) is 7.62. The van der Waals surface area contributed by atoms with Crippen molar-refractivity contribution in [1.29, 1.82) is 0 Å². The summed E-state index contributed by atoms with van der Waals surface area (Å²) in [5.74, 6) is 0.311. The number of rotatable bonds is 7. The van der Waals surface area contributed by atoms with Gasteiger partial charge in [-0.05, 0) is 37.0 Å². The molecule has 0 aromatic carbocycles. The minimum absolute atomic E-state index is 0.0288. The van der Waals surface area contributed by atoms with Crippen molar-refractivity contribution >= 4 is 17.6 Å². The standard InChI is InChI=1S/C15H18N6O2/c22-14(17-8-5-11-3-6-16-7-4-11)10-21-9-13(19-20-21)18-15(23)12-1-2-12/h3-4,6-7,9,12H,1-2,5,8,10H2,(H,17,22)(H,18,23). The van der Waals surface area contributed by atoms with Crippen LogP contribution in [0.15, 0.2) is 30.7 Å². The predicted molar refractivity (Wildman–Crippen MR) is 82.3 cm³/mol. The zero-order valence-corrected chi connectivity index (χ0v) is 12.6. The first-order valence-corrected chi connectivity index (χ1v) is 7.57. The highest BCUT2D eigenvalue weighted by molar-refractivity contribution is 5.93. The molecule has 0 saturated heterocycles. The van der Waals surface area contributed by atoms with Gasteiger partial charge in [-0.15, -0.1) is 5.10 Å². The SMILES string of the molecule is O=C(Cn1cc(NC(=O)C2CC2)nn1)NCCc1ccncc1. The molecule has 0 radical (unpaired) electrons. The van der Waals surface area contributed by atoms with Gasteiger partial charge in [0.1, 0.15) is 6.54 Å². The van der Waals surface area contributed by atoms with Crippen molar-refractivity contribution in [1.82, 2.24) is 25.3 Å². The number of hydrogen-bond donors (Lipinski definition) is 2. The first kappa shape index (κ1) is 15.1. The lowest BCUT2D eigenvalue weighted by Crippen LogP contribution is -2.29. The largest absolute Gasteiger partial charge is 0.354 e. The van der Waals surface area contributed by atoms with Gasteiger partial charge in [-0.25, -0.2) is 4.68 Å². The molecule has 8 nitrogen and oxygen atoms in total. The van der Waals surface area contributed by atoms with Gasteiger partial charge in [0.05, 0.1) is 6.20 Å². The summed E-state index contributed by atoms with van der Waals surface area (Å²) in [5, 5.41) is 13.2. The fourth-order valence-electron chi connectivity index (χ4n) is 2.11. The minimum atomic E-state index is -0.149. The molecule has 0 bridgehead atoms. The summed E-state index contributed by atoms with van der Waals surface area (Å²) in [6, 6.07) is 3.83. The van der Waals surface area contributed by atoms with Crippen LogP contribution < -0.4 is 10.6 Å². The molecule has 0 spiro atoms. The maximum atomic E-state index is 11.9. The molecule has 2 heterocycles. The van der Waals surface area contributed by atoms with E-state index in [0.717, 1.165) is 24.8 Å². The summed E-state index contributed by atoms with van der Waals surface area (Å²) < 4.78 is 1.41. The van der Waals surface area contributed by atoms with Gasteiger partial charge in [-0.1, -0.05) is 5.21 Å². The van der Waals surface area contributed by atoms with Crippen molar-refractivity contribution in [3.05, 3.63) is 36.3 Å². The van der Waals surface area contributed by atoms with Crippen LogP contribution in [0.4, 0.5) is 5.82 Å². The molecule has 2 aromatic rings. The average molecular weight is 314 g/mol. The van der Waals surface area contributed by atoms with Crippen molar-refractivity contribution in [2.45, 2.75) is 25.8 Å². The van der Waals surface area contributed by atoms with E-state index < -0.39 is 0 Å². The van der Waals surface area contributed by atoms with E-state index in [-0.39, 0.29) is 24.3 Å². The molecule has 1 saturated carbocycles. The van der Waals surface area contributed by atoms with Crippen LogP contribution in [0, 0.1) is 5.92 Å². The molecule has 1 fully saturated rings. The summed E-state index contributed by atoms with van der Waals surface area (Å²) in [5.41, 5.74) is 1.12. The van der Waals surface area contributed by atoms with E-state index in [1.807, 2.05) is 12.1 Å². The Morgan fingerprint density at radius 1 is 1.26 bits per heavy atom. The molecule has 1 aliphatic rings. The third-order valence-corrected chi connectivity index (χ3v) is 3.53. The average Bonchev–Trinajstić information content (AvgIpc) is 3.31. The maximum Gasteiger partial charge on any atom is 0.241 e. The molecule has 0 atom stereocenters. The Kier molecular flexibility index (Phi) is 4.60. The molecule has 23 heavy (non-hydrogen) atoms. The first-order chi connectivity index (χ1) is 11.2. The summed E-state index contributed by atoms with van der Waals surface area (Å²) in [4.78, 5) is 27.4. The van der Waals surface area contributed by atoms with E-state index in [0.29, 0.717) is 12.4 Å². The summed E-state index contributed by atoms with van der Waals surface area (Å²) >= 11 is 0. The predicted octanol–water partition coefficient (Wildman–Crippen LogP) is 0.381. The Labute approximate surface area is 133 Å². The number of nitrogens with one attached hydrogen (secondary N) is 2. The number of carbonyl (C=O) groups is 2. The topological polar surface area (TPSA) is 102 Å². The highest BCUT2D eigenvalue weighted by Gasteiger charge is 2.30. The lowest BCUT2D eigenvalue weighted by atomic mass is 10.2. The van der Waals surface area contributed by atoms with Gasteiger partial charge < -0.3 is 10.6 Å². The van der Waals surface area contributed by atoms with Crippen LogP contribution in [0.5, 0.6) is 0 Å². The van der Waals surface area contributed by atoms with Gasteiger partial charge in [0.2, 0.25) is 11.8 Å².